The van der Waals surface area contributed by atoms with E-state index in [1.165, 1.54) is 70.6 Å². The van der Waals surface area contributed by atoms with Gasteiger partial charge in [-0.25, -0.2) is 0 Å². The summed E-state index contributed by atoms with van der Waals surface area (Å²) in [4.78, 5) is 38.1. The molecule has 6 nitrogen and oxygen atoms in total. The SMILES string of the molecule is CC/C=C\C/C=C\C/C=C\C/C=C\C/C=C\C/C=C\CCC(=O)OCC(COC(=O)CCCCCCCCCCCCCCC)OC(=O)CCCCCCC\C=C/C=C\C=C/C=C\C=C/CCC. The van der Waals surface area contributed by atoms with E-state index in [9.17, 15) is 14.4 Å². The maximum absolute atomic E-state index is 12.8. The zero-order valence-electron chi connectivity index (χ0n) is 43.6. The number of carbonyl (C=O) groups excluding carboxylic acids is 3. The lowest BCUT2D eigenvalue weighted by atomic mass is 10.0. The second-order valence-corrected chi connectivity index (χ2v) is 17.5. The highest BCUT2D eigenvalue weighted by Gasteiger charge is 2.19. The van der Waals surface area contributed by atoms with Gasteiger partial charge in [0.05, 0.1) is 0 Å². The standard InChI is InChI=1S/C62H98O6/c1-4-7-10-13-16-19-22-25-27-29-31-33-34-37-40-43-46-49-52-55-61(64)67-58-59(57-66-60(63)54-51-48-45-42-39-36-24-21-18-15-12-9-6-3)68-62(65)56-53-50-47-44-41-38-35-32-30-28-26-23-20-17-14-11-8-5-2/h7,10-11,14,16-17,19-20,23,25-28,30-33,35,37,40,46,49,59H,4-6,8-9,12-13,15,18,21-22,24,29,34,36,38-39,41-45,47-48,50-58H2,1-3H3/b10-7-,14-11-,19-16-,20-17-,26-23-,27-25-,30-28-,33-31-,35-32-,40-37-,49-46-. The monoisotopic (exact) mass is 939 g/mol. The molecular weight excluding hydrogens is 841 g/mol. The van der Waals surface area contributed by atoms with Gasteiger partial charge in [-0.3, -0.25) is 14.4 Å². The van der Waals surface area contributed by atoms with Crippen molar-refractivity contribution >= 4 is 17.9 Å². The molecule has 68 heavy (non-hydrogen) atoms. The Morgan fingerprint density at radius 1 is 0.324 bits per heavy atom. The molecule has 0 saturated carbocycles. The molecule has 0 aromatic carbocycles. The Morgan fingerprint density at radius 3 is 1.15 bits per heavy atom. The summed E-state index contributed by atoms with van der Waals surface area (Å²) < 4.78 is 16.7. The van der Waals surface area contributed by atoms with Gasteiger partial charge < -0.3 is 14.2 Å². The van der Waals surface area contributed by atoms with E-state index >= 15 is 0 Å². The normalized spacial score (nSPS) is 13.2. The lowest BCUT2D eigenvalue weighted by Crippen LogP contribution is -2.30. The molecule has 0 bridgehead atoms. The van der Waals surface area contributed by atoms with E-state index in [2.05, 4.69) is 106 Å². The first kappa shape index (κ1) is 63.5. The van der Waals surface area contributed by atoms with Crippen molar-refractivity contribution in [3.8, 4) is 0 Å². The molecule has 0 radical (unpaired) electrons. The van der Waals surface area contributed by atoms with Crippen molar-refractivity contribution in [3.05, 3.63) is 134 Å². The number of hydrogen-bond acceptors (Lipinski definition) is 6. The first-order valence-corrected chi connectivity index (χ1v) is 27.3. The molecule has 0 aliphatic rings. The summed E-state index contributed by atoms with van der Waals surface area (Å²) in [5, 5.41) is 0. The topological polar surface area (TPSA) is 78.9 Å². The Hall–Kier alpha value is -4.45. The second-order valence-electron chi connectivity index (χ2n) is 17.5. The van der Waals surface area contributed by atoms with Gasteiger partial charge >= 0.3 is 17.9 Å². The van der Waals surface area contributed by atoms with Crippen LogP contribution in [0.4, 0.5) is 0 Å². The quantitative estimate of drug-likeness (QED) is 0.0199. The molecule has 0 aliphatic heterocycles. The first-order valence-electron chi connectivity index (χ1n) is 27.3. The largest absolute Gasteiger partial charge is 0.462 e. The average Bonchev–Trinajstić information content (AvgIpc) is 3.34. The molecule has 0 aliphatic carbocycles. The molecule has 0 amide bonds. The summed E-state index contributed by atoms with van der Waals surface area (Å²) in [6.07, 6.45) is 77.2. The predicted octanol–water partition coefficient (Wildman–Crippen LogP) is 18.3. The van der Waals surface area contributed by atoms with Crippen molar-refractivity contribution < 1.29 is 28.6 Å². The predicted molar refractivity (Wildman–Crippen MR) is 292 cm³/mol. The number of hydrogen-bond donors (Lipinski definition) is 0. The number of carbonyl (C=O) groups is 3. The summed E-state index contributed by atoms with van der Waals surface area (Å²) >= 11 is 0. The first-order chi connectivity index (χ1) is 33.5. The van der Waals surface area contributed by atoms with Gasteiger partial charge in [0.1, 0.15) is 13.2 Å². The molecule has 6 heteroatoms. The fourth-order valence-corrected chi connectivity index (χ4v) is 6.97. The van der Waals surface area contributed by atoms with Crippen LogP contribution in [0.2, 0.25) is 0 Å². The second kappa shape index (κ2) is 55.1. The summed E-state index contributed by atoms with van der Waals surface area (Å²) in [6.45, 7) is 6.34. The fraction of sp³-hybridized carbons (Fsp3) is 0.597. The molecule has 0 aromatic heterocycles. The van der Waals surface area contributed by atoms with Crippen LogP contribution in [0.5, 0.6) is 0 Å². The van der Waals surface area contributed by atoms with Crippen LogP contribution in [-0.4, -0.2) is 37.2 Å². The van der Waals surface area contributed by atoms with E-state index < -0.39 is 6.10 Å². The smallest absolute Gasteiger partial charge is 0.306 e. The Balaban J connectivity index is 4.58. The van der Waals surface area contributed by atoms with Gasteiger partial charge in [0.15, 0.2) is 6.10 Å². The van der Waals surface area contributed by atoms with E-state index in [1.807, 2.05) is 48.6 Å². The maximum atomic E-state index is 12.8. The van der Waals surface area contributed by atoms with Gasteiger partial charge in [-0.2, -0.15) is 0 Å². The number of unbranched alkanes of at least 4 members (excludes halogenated alkanes) is 18. The molecule has 0 aromatic rings. The fourth-order valence-electron chi connectivity index (χ4n) is 6.97. The van der Waals surface area contributed by atoms with Crippen LogP contribution >= 0.6 is 0 Å². The van der Waals surface area contributed by atoms with E-state index in [0.717, 1.165) is 103 Å². The van der Waals surface area contributed by atoms with Crippen LogP contribution in [0.1, 0.15) is 220 Å². The molecule has 0 heterocycles. The highest BCUT2D eigenvalue weighted by Crippen LogP contribution is 2.14. The Morgan fingerprint density at radius 2 is 0.691 bits per heavy atom. The van der Waals surface area contributed by atoms with Crippen molar-refractivity contribution in [3.63, 3.8) is 0 Å². The summed E-state index contributed by atoms with van der Waals surface area (Å²) in [5.41, 5.74) is 0. The van der Waals surface area contributed by atoms with E-state index in [0.29, 0.717) is 12.8 Å². The van der Waals surface area contributed by atoms with E-state index in [4.69, 9.17) is 14.2 Å². The summed E-state index contributed by atoms with van der Waals surface area (Å²) in [5.74, 6) is -1.03. The summed E-state index contributed by atoms with van der Waals surface area (Å²) in [7, 11) is 0. The number of rotatable bonds is 47. The van der Waals surface area contributed by atoms with Crippen molar-refractivity contribution in [2.75, 3.05) is 13.2 Å². The minimum Gasteiger partial charge on any atom is -0.462 e. The van der Waals surface area contributed by atoms with Crippen molar-refractivity contribution in [1.29, 1.82) is 0 Å². The molecule has 0 N–H and O–H groups in total. The van der Waals surface area contributed by atoms with Crippen molar-refractivity contribution in [2.24, 2.45) is 0 Å². The minimum absolute atomic E-state index is 0.115. The highest BCUT2D eigenvalue weighted by molar-refractivity contribution is 5.71. The average molecular weight is 939 g/mol. The molecule has 0 fully saturated rings. The van der Waals surface area contributed by atoms with Gasteiger partial charge in [0.25, 0.3) is 0 Å². The number of allylic oxidation sites excluding steroid dienone is 22. The number of esters is 3. The molecular formula is C62H98O6. The van der Waals surface area contributed by atoms with Gasteiger partial charge in [-0.15, -0.1) is 0 Å². The van der Waals surface area contributed by atoms with Crippen LogP contribution in [-0.2, 0) is 28.6 Å². The molecule has 382 valence electrons. The van der Waals surface area contributed by atoms with Crippen molar-refractivity contribution in [2.45, 2.75) is 226 Å². The Kier molecular flexibility index (Phi) is 51.5. The zero-order valence-corrected chi connectivity index (χ0v) is 43.6. The van der Waals surface area contributed by atoms with Crippen LogP contribution in [0, 0.1) is 0 Å². The van der Waals surface area contributed by atoms with Crippen LogP contribution in [0.3, 0.4) is 0 Å². The summed E-state index contributed by atoms with van der Waals surface area (Å²) in [6, 6.07) is 0. The van der Waals surface area contributed by atoms with Crippen molar-refractivity contribution in [1.82, 2.24) is 0 Å². The third kappa shape index (κ3) is 52.5. The third-order valence-corrected chi connectivity index (χ3v) is 11.0. The third-order valence-electron chi connectivity index (χ3n) is 11.0. The zero-order chi connectivity index (χ0) is 49.3. The minimum atomic E-state index is -0.826. The lowest BCUT2D eigenvalue weighted by molar-refractivity contribution is -0.166. The van der Waals surface area contributed by atoms with Gasteiger partial charge in [0, 0.05) is 19.3 Å². The van der Waals surface area contributed by atoms with Gasteiger partial charge in [-0.05, 0) is 77.0 Å². The Labute approximate surface area is 417 Å². The maximum Gasteiger partial charge on any atom is 0.306 e. The van der Waals surface area contributed by atoms with E-state index in [-0.39, 0.29) is 44.0 Å². The van der Waals surface area contributed by atoms with Gasteiger partial charge in [0.2, 0.25) is 0 Å². The molecule has 1 unspecified atom stereocenters. The van der Waals surface area contributed by atoms with Gasteiger partial charge in [-0.1, -0.05) is 257 Å². The molecule has 0 saturated heterocycles. The van der Waals surface area contributed by atoms with Crippen LogP contribution in [0.25, 0.3) is 0 Å². The van der Waals surface area contributed by atoms with Crippen LogP contribution < -0.4 is 0 Å². The number of ether oxygens (including phenoxy) is 3. The van der Waals surface area contributed by atoms with E-state index in [1.54, 1.807) is 0 Å². The Bertz CT molecular complexity index is 1500. The molecule has 0 spiro atoms. The lowest BCUT2D eigenvalue weighted by Gasteiger charge is -2.18. The molecule has 1 atom stereocenters. The highest BCUT2D eigenvalue weighted by atomic mass is 16.6. The molecule has 0 rings (SSSR count). The van der Waals surface area contributed by atoms with Crippen LogP contribution in [0.15, 0.2) is 134 Å².